The highest BCUT2D eigenvalue weighted by atomic mass is 35.5. The van der Waals surface area contributed by atoms with Crippen LogP contribution in [0.3, 0.4) is 0 Å². The van der Waals surface area contributed by atoms with E-state index >= 15 is 0 Å². The summed E-state index contributed by atoms with van der Waals surface area (Å²) in [5, 5.41) is 2.65. The Balaban J connectivity index is 1.64. The first-order chi connectivity index (χ1) is 18.8. The maximum absolute atomic E-state index is 13.6. The van der Waals surface area contributed by atoms with Gasteiger partial charge in [0.2, 0.25) is 0 Å². The van der Waals surface area contributed by atoms with Crippen LogP contribution in [0.2, 0.25) is 5.02 Å². The number of benzene rings is 4. The fourth-order valence-electron chi connectivity index (χ4n) is 4.20. The molecule has 0 aliphatic carbocycles. The Bertz CT molecular complexity index is 1570. The van der Waals surface area contributed by atoms with Crippen molar-refractivity contribution in [2.75, 3.05) is 12.8 Å². The Morgan fingerprint density at radius 2 is 1.30 bits per heavy atom. The molecule has 0 aromatic heterocycles. The predicted molar refractivity (Wildman–Crippen MR) is 145 cm³/mol. The second kappa shape index (κ2) is 11.0. The molecule has 206 valence electrons. The normalized spacial score (nSPS) is 12.9. The molecule has 10 heteroatoms. The van der Waals surface area contributed by atoms with E-state index in [1.54, 1.807) is 36.4 Å². The number of nitrogens with one attached hydrogen (secondary N) is 1. The molecule has 0 heterocycles. The van der Waals surface area contributed by atoms with Crippen molar-refractivity contribution in [1.29, 1.82) is 0 Å². The third-order valence-corrected chi connectivity index (χ3v) is 6.81. The lowest BCUT2D eigenvalue weighted by atomic mass is 9.89. The zero-order chi connectivity index (χ0) is 29.2. The first kappa shape index (κ1) is 28.6. The number of alkyl halides is 3. The number of methoxy groups -OCH3 is 1. The van der Waals surface area contributed by atoms with Crippen LogP contribution in [0.15, 0.2) is 84.9 Å². The van der Waals surface area contributed by atoms with Gasteiger partial charge in [-0.2, -0.15) is 13.2 Å². The molecule has 0 radical (unpaired) electrons. The van der Waals surface area contributed by atoms with Crippen molar-refractivity contribution in [2.45, 2.75) is 18.6 Å². The van der Waals surface area contributed by atoms with E-state index in [1.807, 2.05) is 0 Å². The number of carbonyl (C=O) groups excluding carboxylic acids is 2. The lowest BCUT2D eigenvalue weighted by Gasteiger charge is -2.29. The summed E-state index contributed by atoms with van der Waals surface area (Å²) in [6.45, 7) is 1.47. The van der Waals surface area contributed by atoms with E-state index in [2.05, 4.69) is 5.32 Å². The van der Waals surface area contributed by atoms with Gasteiger partial charge < -0.3 is 15.8 Å². The Morgan fingerprint density at radius 1 is 0.800 bits per heavy atom. The summed E-state index contributed by atoms with van der Waals surface area (Å²) in [6, 6.07) is 19.8. The molecule has 0 aliphatic heterocycles. The summed E-state index contributed by atoms with van der Waals surface area (Å²) in [5.74, 6) is -2.01. The van der Waals surface area contributed by atoms with E-state index in [4.69, 9.17) is 22.1 Å². The molecule has 4 rings (SSSR count). The Labute approximate surface area is 232 Å². The van der Waals surface area contributed by atoms with E-state index in [-0.39, 0.29) is 16.3 Å². The number of anilines is 1. The Kier molecular flexibility index (Phi) is 7.88. The van der Waals surface area contributed by atoms with Crippen molar-refractivity contribution >= 4 is 29.2 Å². The van der Waals surface area contributed by atoms with E-state index < -0.39 is 35.0 Å². The lowest BCUT2D eigenvalue weighted by molar-refractivity contribution is -0.148. The van der Waals surface area contributed by atoms with Crippen LogP contribution in [0.1, 0.15) is 28.4 Å². The van der Waals surface area contributed by atoms with Gasteiger partial charge in [-0.1, -0.05) is 60.1 Å². The topological polar surface area (TPSA) is 81.4 Å². The molecule has 5 nitrogen and oxygen atoms in total. The van der Waals surface area contributed by atoms with Gasteiger partial charge in [0.05, 0.1) is 23.3 Å². The van der Waals surface area contributed by atoms with E-state index in [0.29, 0.717) is 27.8 Å². The van der Waals surface area contributed by atoms with Crippen molar-refractivity contribution in [3.63, 3.8) is 0 Å². The van der Waals surface area contributed by atoms with Crippen LogP contribution < -0.4 is 11.1 Å². The van der Waals surface area contributed by atoms with Crippen LogP contribution in [0, 0.1) is 5.82 Å². The van der Waals surface area contributed by atoms with Gasteiger partial charge in [0, 0.05) is 5.69 Å². The Morgan fingerprint density at radius 3 is 1.82 bits per heavy atom. The van der Waals surface area contributed by atoms with Crippen molar-refractivity contribution in [1.82, 2.24) is 5.32 Å². The maximum atomic E-state index is 13.6. The molecule has 0 spiro atoms. The number of ether oxygens (including phenoxy) is 1. The van der Waals surface area contributed by atoms with Gasteiger partial charge in [-0.25, -0.2) is 9.18 Å². The van der Waals surface area contributed by atoms with Crippen LogP contribution in [0.4, 0.5) is 23.2 Å². The molecule has 0 saturated heterocycles. The van der Waals surface area contributed by atoms with Crippen LogP contribution in [0.25, 0.3) is 22.3 Å². The lowest BCUT2D eigenvalue weighted by Crippen LogP contribution is -2.50. The van der Waals surface area contributed by atoms with Crippen LogP contribution in [-0.4, -0.2) is 19.0 Å². The number of carbonyl (C=O) groups is 2. The third kappa shape index (κ3) is 5.79. The summed E-state index contributed by atoms with van der Waals surface area (Å²) in [4.78, 5) is 26.3. The number of halogens is 5. The van der Waals surface area contributed by atoms with Gasteiger partial charge in [0.25, 0.3) is 5.91 Å². The molecule has 0 fully saturated rings. The molecule has 4 aromatic carbocycles. The molecule has 40 heavy (non-hydrogen) atoms. The fraction of sp³-hybridized carbons (Fsp3) is 0.133. The fourth-order valence-corrected chi connectivity index (χ4v) is 4.38. The third-order valence-electron chi connectivity index (χ3n) is 6.52. The first-order valence-electron chi connectivity index (χ1n) is 11.9. The highest BCUT2D eigenvalue weighted by Gasteiger charge is 2.39. The number of rotatable bonds is 6. The largest absolute Gasteiger partial charge is 0.467 e. The Hall–Kier alpha value is -4.37. The van der Waals surface area contributed by atoms with Gasteiger partial charge in [0.15, 0.2) is 5.54 Å². The van der Waals surface area contributed by atoms with Gasteiger partial charge in [-0.05, 0) is 71.1 Å². The van der Waals surface area contributed by atoms with E-state index in [9.17, 15) is 27.2 Å². The molecule has 1 atom stereocenters. The zero-order valence-electron chi connectivity index (χ0n) is 21.3. The minimum atomic E-state index is -4.48. The van der Waals surface area contributed by atoms with Crippen LogP contribution >= 0.6 is 11.6 Å². The van der Waals surface area contributed by atoms with Crippen LogP contribution in [-0.2, 0) is 21.2 Å². The highest BCUT2D eigenvalue weighted by Crippen LogP contribution is 2.33. The summed E-state index contributed by atoms with van der Waals surface area (Å²) in [6.07, 6.45) is -4.48. The van der Waals surface area contributed by atoms with Gasteiger partial charge >= 0.3 is 12.1 Å². The number of nitrogen functional groups attached to an aromatic ring is 1. The molecule has 0 aliphatic rings. The molecule has 4 aromatic rings. The second-order valence-electron chi connectivity index (χ2n) is 9.15. The predicted octanol–water partition coefficient (Wildman–Crippen LogP) is 7.23. The second-order valence-corrected chi connectivity index (χ2v) is 9.56. The average molecular weight is 571 g/mol. The zero-order valence-corrected chi connectivity index (χ0v) is 22.0. The minimum Gasteiger partial charge on any atom is -0.467 e. The molecule has 1 unspecified atom stereocenters. The molecular formula is C30H23ClF4N2O3. The van der Waals surface area contributed by atoms with E-state index in [0.717, 1.165) is 12.1 Å². The van der Waals surface area contributed by atoms with Crippen molar-refractivity contribution < 1.29 is 31.9 Å². The minimum absolute atomic E-state index is 0.0186. The average Bonchev–Trinajstić information content (AvgIpc) is 2.93. The molecule has 0 bridgehead atoms. The first-order valence-corrected chi connectivity index (χ1v) is 12.3. The van der Waals surface area contributed by atoms with Gasteiger partial charge in [0.1, 0.15) is 5.82 Å². The van der Waals surface area contributed by atoms with Gasteiger partial charge in [-0.15, -0.1) is 0 Å². The number of esters is 1. The smallest absolute Gasteiger partial charge is 0.416 e. The standard InChI is InChI=1S/C30H23ClF4N2O3/c1-29(28(39)40-2,21-9-3-18(4-10-21)20-7-13-25(32)24(31)16-20)37-27(38)23-15-19(8-14-26(23)36)17-5-11-22(12-6-17)30(33,34)35/h3-16H,36H2,1-2H3,(H,37,38). The summed E-state index contributed by atoms with van der Waals surface area (Å²) in [7, 11) is 1.18. The van der Waals surface area contributed by atoms with Crippen molar-refractivity contribution in [2.24, 2.45) is 0 Å². The quantitative estimate of drug-likeness (QED) is 0.146. The molecular weight excluding hydrogens is 548 g/mol. The van der Waals surface area contributed by atoms with Crippen LogP contribution in [0.5, 0.6) is 0 Å². The summed E-state index contributed by atoms with van der Waals surface area (Å²) < 4.78 is 57.4. The number of nitrogens with two attached hydrogens (primary N) is 1. The summed E-state index contributed by atoms with van der Waals surface area (Å²) >= 11 is 5.89. The molecule has 0 saturated carbocycles. The number of amides is 1. The number of hydrogen-bond acceptors (Lipinski definition) is 4. The molecule has 1 amide bonds. The van der Waals surface area contributed by atoms with Crippen molar-refractivity contribution in [3.8, 4) is 22.3 Å². The molecule has 3 N–H and O–H groups in total. The van der Waals surface area contributed by atoms with E-state index in [1.165, 1.54) is 50.4 Å². The maximum Gasteiger partial charge on any atom is 0.416 e. The SMILES string of the molecule is COC(=O)C(C)(NC(=O)c1cc(-c2ccc(C(F)(F)F)cc2)ccc1N)c1ccc(-c2ccc(F)c(Cl)c2)cc1. The van der Waals surface area contributed by atoms with Gasteiger partial charge in [-0.3, -0.25) is 4.79 Å². The van der Waals surface area contributed by atoms with Crippen molar-refractivity contribution in [3.05, 3.63) is 112 Å². The summed E-state index contributed by atoms with van der Waals surface area (Å²) in [5.41, 5.74) is 6.37. The highest BCUT2D eigenvalue weighted by molar-refractivity contribution is 6.31. The monoisotopic (exact) mass is 570 g/mol. The number of hydrogen-bond donors (Lipinski definition) is 2.